The van der Waals surface area contributed by atoms with E-state index in [-0.39, 0.29) is 12.5 Å². The fraction of sp³-hybridized carbons (Fsp3) is 0.250. The van der Waals surface area contributed by atoms with E-state index in [0.29, 0.717) is 11.6 Å². The summed E-state index contributed by atoms with van der Waals surface area (Å²) >= 11 is 0. The Labute approximate surface area is 118 Å². The summed E-state index contributed by atoms with van der Waals surface area (Å²) in [6.07, 6.45) is 6.65. The number of carbonyl (C=O) groups excluding carboxylic acids is 2. The van der Waals surface area contributed by atoms with Crippen molar-refractivity contribution in [3.63, 3.8) is 0 Å². The minimum absolute atomic E-state index is 0.0478. The number of carbonyl (C=O) groups is 2. The third kappa shape index (κ3) is 4.39. The van der Waals surface area contributed by atoms with Crippen molar-refractivity contribution >= 4 is 18.0 Å². The van der Waals surface area contributed by atoms with Crippen LogP contribution in [-0.4, -0.2) is 24.5 Å². The summed E-state index contributed by atoms with van der Waals surface area (Å²) in [5, 5.41) is 2.92. The van der Waals surface area contributed by atoms with Crippen LogP contribution in [0.15, 0.2) is 43.0 Å². The van der Waals surface area contributed by atoms with Gasteiger partial charge in [-0.05, 0) is 36.6 Å². The van der Waals surface area contributed by atoms with Gasteiger partial charge in [-0.2, -0.15) is 0 Å². The third-order valence-corrected chi connectivity index (χ3v) is 2.84. The Kier molecular flexibility index (Phi) is 4.71. The lowest BCUT2D eigenvalue weighted by molar-refractivity contribution is -0.136. The molecule has 0 bridgehead atoms. The Morgan fingerprint density at radius 1 is 1.30 bits per heavy atom. The molecule has 1 saturated carbocycles. The predicted molar refractivity (Wildman–Crippen MR) is 77.1 cm³/mol. The lowest BCUT2D eigenvalue weighted by Crippen LogP contribution is -2.25. The van der Waals surface area contributed by atoms with E-state index in [2.05, 4.69) is 11.9 Å². The molecule has 2 rings (SSSR count). The van der Waals surface area contributed by atoms with E-state index >= 15 is 0 Å². The molecule has 1 fully saturated rings. The molecular formula is C16H17NO3. The molecule has 1 aromatic carbocycles. The zero-order valence-electron chi connectivity index (χ0n) is 11.2. The Morgan fingerprint density at radius 2 is 2.00 bits per heavy atom. The van der Waals surface area contributed by atoms with Crippen molar-refractivity contribution < 1.29 is 14.3 Å². The van der Waals surface area contributed by atoms with Crippen LogP contribution in [0.2, 0.25) is 0 Å². The van der Waals surface area contributed by atoms with Crippen molar-refractivity contribution in [2.75, 3.05) is 6.61 Å². The molecule has 1 aliphatic carbocycles. The van der Waals surface area contributed by atoms with Gasteiger partial charge in [-0.25, -0.2) is 4.79 Å². The second-order valence-corrected chi connectivity index (χ2v) is 4.62. The van der Waals surface area contributed by atoms with Crippen LogP contribution in [0.4, 0.5) is 0 Å². The standard InChI is InChI=1S/C16H17NO3/c1-2-11-20-15(18)10-5-12-3-6-13(7-4-12)16(19)17-14-8-9-14/h2-7,10,14H,1,8-9,11H2,(H,17,19). The number of rotatable bonds is 6. The minimum Gasteiger partial charge on any atom is -0.458 e. The molecule has 1 amide bonds. The highest BCUT2D eigenvalue weighted by atomic mass is 16.5. The van der Waals surface area contributed by atoms with Crippen LogP contribution in [-0.2, 0) is 9.53 Å². The van der Waals surface area contributed by atoms with Crippen molar-refractivity contribution in [2.24, 2.45) is 0 Å². The molecule has 1 N–H and O–H groups in total. The van der Waals surface area contributed by atoms with E-state index in [4.69, 9.17) is 4.74 Å². The van der Waals surface area contributed by atoms with Crippen molar-refractivity contribution in [2.45, 2.75) is 18.9 Å². The van der Waals surface area contributed by atoms with Gasteiger partial charge < -0.3 is 10.1 Å². The molecule has 0 radical (unpaired) electrons. The Balaban J connectivity index is 1.90. The summed E-state index contributed by atoms with van der Waals surface area (Å²) in [5.41, 5.74) is 1.46. The van der Waals surface area contributed by atoms with Gasteiger partial charge in [0.2, 0.25) is 0 Å². The van der Waals surface area contributed by atoms with E-state index in [1.54, 1.807) is 30.3 Å². The van der Waals surface area contributed by atoms with Gasteiger partial charge in [-0.1, -0.05) is 24.8 Å². The maximum Gasteiger partial charge on any atom is 0.331 e. The van der Waals surface area contributed by atoms with Crippen molar-refractivity contribution in [3.05, 3.63) is 54.1 Å². The number of ether oxygens (including phenoxy) is 1. The Hall–Kier alpha value is -2.36. The summed E-state index contributed by atoms with van der Waals surface area (Å²) in [7, 11) is 0. The first-order valence-corrected chi connectivity index (χ1v) is 6.55. The van der Waals surface area contributed by atoms with Gasteiger partial charge in [-0.3, -0.25) is 4.79 Å². The zero-order chi connectivity index (χ0) is 14.4. The highest BCUT2D eigenvalue weighted by Crippen LogP contribution is 2.19. The first-order valence-electron chi connectivity index (χ1n) is 6.55. The van der Waals surface area contributed by atoms with Gasteiger partial charge in [0.15, 0.2) is 0 Å². The quantitative estimate of drug-likeness (QED) is 0.491. The summed E-state index contributed by atoms with van der Waals surface area (Å²) in [6.45, 7) is 3.66. The van der Waals surface area contributed by atoms with Crippen LogP contribution in [0.5, 0.6) is 0 Å². The summed E-state index contributed by atoms with van der Waals surface area (Å²) < 4.78 is 4.82. The zero-order valence-corrected chi connectivity index (χ0v) is 11.2. The van der Waals surface area contributed by atoms with E-state index in [1.165, 1.54) is 12.2 Å². The maximum absolute atomic E-state index is 11.8. The second kappa shape index (κ2) is 6.70. The number of hydrogen-bond acceptors (Lipinski definition) is 3. The normalized spacial score (nSPS) is 14.0. The summed E-state index contributed by atoms with van der Waals surface area (Å²) in [6, 6.07) is 7.42. The molecular weight excluding hydrogens is 254 g/mol. The number of amides is 1. The number of nitrogens with one attached hydrogen (secondary N) is 1. The predicted octanol–water partition coefficient (Wildman–Crippen LogP) is 2.32. The van der Waals surface area contributed by atoms with Crippen LogP contribution in [0.25, 0.3) is 6.08 Å². The topological polar surface area (TPSA) is 55.4 Å². The van der Waals surface area contributed by atoms with E-state index in [1.807, 2.05) is 0 Å². The molecule has 1 aromatic rings. The molecule has 0 saturated heterocycles. The van der Waals surface area contributed by atoms with Crippen LogP contribution in [0, 0.1) is 0 Å². The second-order valence-electron chi connectivity index (χ2n) is 4.62. The van der Waals surface area contributed by atoms with Gasteiger partial charge in [0.05, 0.1) is 0 Å². The van der Waals surface area contributed by atoms with Crippen LogP contribution in [0.3, 0.4) is 0 Å². The minimum atomic E-state index is -0.416. The molecule has 4 nitrogen and oxygen atoms in total. The number of esters is 1. The summed E-state index contributed by atoms with van der Waals surface area (Å²) in [5.74, 6) is -0.464. The first kappa shape index (κ1) is 14.1. The molecule has 104 valence electrons. The molecule has 20 heavy (non-hydrogen) atoms. The average Bonchev–Trinajstić information content (AvgIpc) is 3.27. The molecule has 0 heterocycles. The first-order chi connectivity index (χ1) is 9.69. The van der Waals surface area contributed by atoms with Crippen molar-refractivity contribution in [1.82, 2.24) is 5.32 Å². The molecule has 0 spiro atoms. The van der Waals surface area contributed by atoms with Crippen LogP contribution < -0.4 is 5.32 Å². The molecule has 4 heteroatoms. The Bertz CT molecular complexity index is 527. The van der Waals surface area contributed by atoms with Crippen molar-refractivity contribution in [3.8, 4) is 0 Å². The highest BCUT2D eigenvalue weighted by Gasteiger charge is 2.23. The number of hydrogen-bond donors (Lipinski definition) is 1. The smallest absolute Gasteiger partial charge is 0.331 e. The molecule has 0 aromatic heterocycles. The SMILES string of the molecule is C=CCOC(=O)C=Cc1ccc(C(=O)NC2CC2)cc1. The Morgan fingerprint density at radius 3 is 2.60 bits per heavy atom. The lowest BCUT2D eigenvalue weighted by Gasteiger charge is -2.03. The molecule has 1 aliphatic rings. The fourth-order valence-corrected chi connectivity index (χ4v) is 1.60. The van der Waals surface area contributed by atoms with Gasteiger partial charge in [-0.15, -0.1) is 0 Å². The number of benzene rings is 1. The summed E-state index contributed by atoms with van der Waals surface area (Å²) in [4.78, 5) is 23.0. The van der Waals surface area contributed by atoms with Gasteiger partial charge in [0, 0.05) is 17.7 Å². The fourth-order valence-electron chi connectivity index (χ4n) is 1.60. The molecule has 0 atom stereocenters. The lowest BCUT2D eigenvalue weighted by atomic mass is 10.1. The van der Waals surface area contributed by atoms with Gasteiger partial charge >= 0.3 is 5.97 Å². The van der Waals surface area contributed by atoms with E-state index in [9.17, 15) is 9.59 Å². The highest BCUT2D eigenvalue weighted by molar-refractivity contribution is 5.95. The largest absolute Gasteiger partial charge is 0.458 e. The van der Waals surface area contributed by atoms with Gasteiger partial charge in [0.25, 0.3) is 5.91 Å². The molecule has 0 unspecified atom stereocenters. The van der Waals surface area contributed by atoms with Gasteiger partial charge in [0.1, 0.15) is 6.61 Å². The third-order valence-electron chi connectivity index (χ3n) is 2.84. The maximum atomic E-state index is 11.8. The van der Waals surface area contributed by atoms with E-state index < -0.39 is 5.97 Å². The van der Waals surface area contributed by atoms with Crippen LogP contribution >= 0.6 is 0 Å². The monoisotopic (exact) mass is 271 g/mol. The molecule has 0 aliphatic heterocycles. The van der Waals surface area contributed by atoms with Crippen molar-refractivity contribution in [1.29, 1.82) is 0 Å². The van der Waals surface area contributed by atoms with Crippen LogP contribution in [0.1, 0.15) is 28.8 Å². The average molecular weight is 271 g/mol. The van der Waals surface area contributed by atoms with E-state index in [0.717, 1.165) is 18.4 Å².